The number of hydrogen-bond acceptors (Lipinski definition) is 4. The molecule has 0 aliphatic heterocycles. The van der Waals surface area contributed by atoms with E-state index in [-0.39, 0.29) is 0 Å². The van der Waals surface area contributed by atoms with Gasteiger partial charge < -0.3 is 9.30 Å². The Labute approximate surface area is 135 Å². The summed E-state index contributed by atoms with van der Waals surface area (Å²) >= 11 is 1.69. The molecule has 1 saturated carbocycles. The zero-order valence-corrected chi connectivity index (χ0v) is 13.7. The quantitative estimate of drug-likeness (QED) is 0.422. The van der Waals surface area contributed by atoms with Crippen molar-refractivity contribution in [3.8, 4) is 5.75 Å². The summed E-state index contributed by atoms with van der Waals surface area (Å²) in [6.07, 6.45) is 4.37. The van der Waals surface area contributed by atoms with Crippen LogP contribution in [0.4, 0.5) is 0 Å². The molecular weight excluding hydrogens is 294 g/mol. The third-order valence-electron chi connectivity index (χ3n) is 3.57. The molecule has 0 unspecified atom stereocenters. The van der Waals surface area contributed by atoms with Crippen molar-refractivity contribution in [3.05, 3.63) is 48.3 Å². The highest BCUT2D eigenvalue weighted by Gasteiger charge is 2.30. The molecule has 1 fully saturated rings. The van der Waals surface area contributed by atoms with Crippen molar-refractivity contribution < 1.29 is 4.74 Å². The topological polar surface area (TPSA) is 39.9 Å². The summed E-state index contributed by atoms with van der Waals surface area (Å²) < 4.78 is 7.96. The molecule has 0 radical (unpaired) electrons. The van der Waals surface area contributed by atoms with Crippen LogP contribution in [0.2, 0.25) is 0 Å². The zero-order chi connectivity index (χ0) is 15.4. The normalized spacial score (nSPS) is 14.0. The molecule has 1 aliphatic carbocycles. The number of benzene rings is 1. The molecule has 1 aromatic carbocycles. The molecule has 1 aromatic heterocycles. The molecule has 0 amide bonds. The fourth-order valence-electron chi connectivity index (χ4n) is 2.35. The van der Waals surface area contributed by atoms with E-state index in [2.05, 4.69) is 40.4 Å². The fourth-order valence-corrected chi connectivity index (χ4v) is 3.12. The van der Waals surface area contributed by atoms with Gasteiger partial charge in [-0.1, -0.05) is 30.0 Å². The van der Waals surface area contributed by atoms with Crippen molar-refractivity contribution in [2.24, 2.45) is 0 Å². The molecule has 2 aromatic rings. The minimum atomic E-state index is 0.602. The molecule has 0 saturated heterocycles. The average molecular weight is 315 g/mol. The van der Waals surface area contributed by atoms with E-state index in [1.54, 1.807) is 11.8 Å². The van der Waals surface area contributed by atoms with Crippen LogP contribution < -0.4 is 4.74 Å². The molecule has 22 heavy (non-hydrogen) atoms. The van der Waals surface area contributed by atoms with Crippen molar-refractivity contribution in [1.29, 1.82) is 0 Å². The summed E-state index contributed by atoms with van der Waals surface area (Å²) in [4.78, 5) is 0. The van der Waals surface area contributed by atoms with Gasteiger partial charge in [0.2, 0.25) is 0 Å². The maximum Gasteiger partial charge on any atom is 0.191 e. The van der Waals surface area contributed by atoms with Crippen LogP contribution in [-0.4, -0.2) is 27.1 Å². The van der Waals surface area contributed by atoms with Crippen molar-refractivity contribution in [1.82, 2.24) is 14.8 Å². The van der Waals surface area contributed by atoms with Crippen molar-refractivity contribution >= 4 is 11.8 Å². The highest BCUT2D eigenvalue weighted by molar-refractivity contribution is 7.99. The van der Waals surface area contributed by atoms with E-state index >= 15 is 0 Å². The Morgan fingerprint density at radius 1 is 1.41 bits per heavy atom. The molecule has 0 N–H and O–H groups in total. The van der Waals surface area contributed by atoms with Gasteiger partial charge in [-0.05, 0) is 37.5 Å². The first-order valence-electron chi connectivity index (χ1n) is 7.64. The second kappa shape index (κ2) is 7.01. The number of rotatable bonds is 8. The van der Waals surface area contributed by atoms with Gasteiger partial charge in [0.1, 0.15) is 11.6 Å². The fraction of sp³-hybridized carbons (Fsp3) is 0.412. The van der Waals surface area contributed by atoms with Crippen LogP contribution in [0, 0.1) is 6.92 Å². The third kappa shape index (κ3) is 3.71. The molecule has 116 valence electrons. The van der Waals surface area contributed by atoms with Crippen LogP contribution in [0.15, 0.2) is 42.1 Å². The van der Waals surface area contributed by atoms with Crippen LogP contribution in [0.1, 0.15) is 30.1 Å². The first-order valence-corrected chi connectivity index (χ1v) is 8.62. The summed E-state index contributed by atoms with van der Waals surface area (Å²) in [5, 5.41) is 9.64. The third-order valence-corrected chi connectivity index (χ3v) is 4.50. The number of ether oxygens (including phenoxy) is 1. The lowest BCUT2D eigenvalue weighted by molar-refractivity contribution is 0.343. The van der Waals surface area contributed by atoms with E-state index in [4.69, 9.17) is 4.74 Å². The van der Waals surface area contributed by atoms with E-state index in [0.29, 0.717) is 12.5 Å². The number of aromatic nitrogens is 3. The molecule has 0 spiro atoms. The largest absolute Gasteiger partial charge is 0.493 e. The van der Waals surface area contributed by atoms with E-state index in [1.165, 1.54) is 18.4 Å². The van der Waals surface area contributed by atoms with Crippen LogP contribution in [0.5, 0.6) is 5.75 Å². The molecule has 5 heteroatoms. The predicted molar refractivity (Wildman–Crippen MR) is 89.6 cm³/mol. The molecular formula is C17H21N3OS. The van der Waals surface area contributed by atoms with Gasteiger partial charge in [-0.2, -0.15) is 0 Å². The molecule has 4 nitrogen and oxygen atoms in total. The molecule has 3 rings (SSSR count). The van der Waals surface area contributed by atoms with E-state index < -0.39 is 0 Å². The van der Waals surface area contributed by atoms with Gasteiger partial charge in [0.25, 0.3) is 0 Å². The average Bonchev–Trinajstić information content (AvgIpc) is 3.27. The van der Waals surface area contributed by atoms with Crippen molar-refractivity contribution in [2.45, 2.75) is 37.4 Å². The Morgan fingerprint density at radius 3 is 3.00 bits per heavy atom. The monoisotopic (exact) mass is 315 g/mol. The van der Waals surface area contributed by atoms with Crippen LogP contribution in [0.3, 0.4) is 0 Å². The molecule has 0 atom stereocenters. The predicted octanol–water partition coefficient (Wildman–Crippen LogP) is 3.82. The summed E-state index contributed by atoms with van der Waals surface area (Å²) in [5.41, 5.74) is 1.21. The number of allylic oxidation sites excluding steroid dienone is 1. The highest BCUT2D eigenvalue weighted by Crippen LogP contribution is 2.40. The van der Waals surface area contributed by atoms with Crippen LogP contribution >= 0.6 is 11.8 Å². The Balaban J connectivity index is 1.54. The Bertz CT molecular complexity index is 649. The molecule has 1 aliphatic rings. The minimum absolute atomic E-state index is 0.602. The SMILES string of the molecule is C=CCn1c(SCCOc2cccc(C)c2)nnc1C1CC1. The maximum atomic E-state index is 5.78. The maximum absolute atomic E-state index is 5.78. The lowest BCUT2D eigenvalue weighted by atomic mass is 10.2. The van der Waals surface area contributed by atoms with Gasteiger partial charge in [-0.15, -0.1) is 16.8 Å². The second-order valence-electron chi connectivity index (χ2n) is 5.53. The first-order chi connectivity index (χ1) is 10.8. The number of hydrogen-bond donors (Lipinski definition) is 0. The first kappa shape index (κ1) is 15.2. The van der Waals surface area contributed by atoms with Crippen LogP contribution in [-0.2, 0) is 6.54 Å². The Morgan fingerprint density at radius 2 is 2.27 bits per heavy atom. The summed E-state index contributed by atoms with van der Waals surface area (Å²) in [6.45, 7) is 7.34. The van der Waals surface area contributed by atoms with Crippen LogP contribution in [0.25, 0.3) is 0 Å². The lowest BCUT2D eigenvalue weighted by Gasteiger charge is -2.08. The number of thioether (sulfide) groups is 1. The lowest BCUT2D eigenvalue weighted by Crippen LogP contribution is -2.05. The number of nitrogens with zero attached hydrogens (tertiary/aromatic N) is 3. The standard InChI is InChI=1S/C17H21N3OS/c1-3-9-20-16(14-7-8-14)18-19-17(20)22-11-10-21-15-6-4-5-13(2)12-15/h3-6,12,14H,1,7-11H2,2H3. The van der Waals surface area contributed by atoms with Gasteiger partial charge in [0, 0.05) is 18.2 Å². The number of aryl methyl sites for hydroxylation is 1. The van der Waals surface area contributed by atoms with Gasteiger partial charge >= 0.3 is 0 Å². The van der Waals surface area contributed by atoms with Crippen molar-refractivity contribution in [2.75, 3.05) is 12.4 Å². The van der Waals surface area contributed by atoms with E-state index in [1.807, 2.05) is 18.2 Å². The van der Waals surface area contributed by atoms with Gasteiger partial charge in [-0.25, -0.2) is 0 Å². The summed E-state index contributed by atoms with van der Waals surface area (Å²) in [6, 6.07) is 8.12. The highest BCUT2D eigenvalue weighted by atomic mass is 32.2. The second-order valence-corrected chi connectivity index (χ2v) is 6.59. The van der Waals surface area contributed by atoms with Gasteiger partial charge in [-0.3, -0.25) is 0 Å². The minimum Gasteiger partial charge on any atom is -0.493 e. The Kier molecular flexibility index (Phi) is 4.83. The summed E-state index contributed by atoms with van der Waals surface area (Å²) in [7, 11) is 0. The zero-order valence-electron chi connectivity index (χ0n) is 12.9. The Hall–Kier alpha value is -1.75. The molecule has 0 bridgehead atoms. The smallest absolute Gasteiger partial charge is 0.191 e. The van der Waals surface area contributed by atoms with E-state index in [0.717, 1.165) is 29.0 Å². The van der Waals surface area contributed by atoms with Gasteiger partial charge in [0.15, 0.2) is 5.16 Å². The van der Waals surface area contributed by atoms with E-state index in [9.17, 15) is 0 Å². The van der Waals surface area contributed by atoms with Crippen molar-refractivity contribution in [3.63, 3.8) is 0 Å². The van der Waals surface area contributed by atoms with Gasteiger partial charge in [0.05, 0.1) is 6.61 Å². The molecule has 1 heterocycles. The summed E-state index contributed by atoms with van der Waals surface area (Å²) in [5.74, 6) is 3.49.